The number of hydrogen-bond acceptors (Lipinski definition) is 2. The molecule has 2 nitrogen and oxygen atoms in total. The summed E-state index contributed by atoms with van der Waals surface area (Å²) < 4.78 is 0.662. The van der Waals surface area contributed by atoms with Gasteiger partial charge < -0.3 is 5.11 Å². The van der Waals surface area contributed by atoms with Gasteiger partial charge in [-0.25, -0.2) is 4.98 Å². The van der Waals surface area contributed by atoms with Crippen molar-refractivity contribution in [2.75, 3.05) is 0 Å². The van der Waals surface area contributed by atoms with Gasteiger partial charge in [0.05, 0.1) is 0 Å². The van der Waals surface area contributed by atoms with Crippen LogP contribution in [-0.2, 0) is 0 Å². The van der Waals surface area contributed by atoms with Crippen molar-refractivity contribution in [2.45, 2.75) is 6.92 Å². The highest BCUT2D eigenvalue weighted by molar-refractivity contribution is 9.10. The Hall–Kier alpha value is -0.280. The van der Waals surface area contributed by atoms with Gasteiger partial charge in [0.1, 0.15) is 4.60 Å². The van der Waals surface area contributed by atoms with Crippen LogP contribution in [0.15, 0.2) is 10.7 Å². The van der Waals surface area contributed by atoms with Crippen LogP contribution in [0.2, 0.25) is 5.15 Å². The number of pyridine rings is 1. The molecule has 4 heteroatoms. The van der Waals surface area contributed by atoms with Crippen LogP contribution < -0.4 is 0 Å². The molecule has 0 aliphatic heterocycles. The molecule has 0 aromatic carbocycles. The fraction of sp³-hybridized carbons (Fsp3) is 0.167. The van der Waals surface area contributed by atoms with E-state index < -0.39 is 0 Å². The Balaban J connectivity index is 3.28. The number of aryl methyl sites for hydroxylation is 1. The molecule has 0 aliphatic carbocycles. The van der Waals surface area contributed by atoms with Crippen LogP contribution in [0.5, 0.6) is 5.75 Å². The summed E-state index contributed by atoms with van der Waals surface area (Å²) in [5.41, 5.74) is 0.863. The topological polar surface area (TPSA) is 33.1 Å². The van der Waals surface area contributed by atoms with E-state index in [4.69, 9.17) is 16.7 Å². The van der Waals surface area contributed by atoms with Crippen molar-refractivity contribution in [2.24, 2.45) is 0 Å². The van der Waals surface area contributed by atoms with Crippen LogP contribution in [0.25, 0.3) is 0 Å². The summed E-state index contributed by atoms with van der Waals surface area (Å²) in [5.74, 6) is 0.0161. The van der Waals surface area contributed by atoms with Crippen LogP contribution in [0.4, 0.5) is 0 Å². The van der Waals surface area contributed by atoms with Gasteiger partial charge in [-0.15, -0.1) is 0 Å². The van der Waals surface area contributed by atoms with E-state index in [0.717, 1.165) is 5.56 Å². The molecule has 0 spiro atoms. The first-order valence-electron chi connectivity index (χ1n) is 2.63. The summed E-state index contributed by atoms with van der Waals surface area (Å²) in [5, 5.41) is 9.13. The number of aromatic hydroxyl groups is 1. The maximum Gasteiger partial charge on any atom is 0.171 e. The average Bonchev–Trinajstić information content (AvgIpc) is 1.84. The summed E-state index contributed by atoms with van der Waals surface area (Å²) in [6.07, 6.45) is 0. The largest absolute Gasteiger partial charge is 0.505 e. The van der Waals surface area contributed by atoms with Crippen LogP contribution in [0.1, 0.15) is 5.56 Å². The second-order valence-electron chi connectivity index (χ2n) is 1.91. The van der Waals surface area contributed by atoms with E-state index in [1.807, 2.05) is 6.92 Å². The quantitative estimate of drug-likeness (QED) is 0.684. The van der Waals surface area contributed by atoms with E-state index in [0.29, 0.717) is 4.60 Å². The minimum Gasteiger partial charge on any atom is -0.505 e. The highest BCUT2D eigenvalue weighted by Gasteiger charge is 2.02. The summed E-state index contributed by atoms with van der Waals surface area (Å²) in [6, 6.07) is 1.55. The highest BCUT2D eigenvalue weighted by Crippen LogP contribution is 2.25. The first kappa shape index (κ1) is 7.82. The van der Waals surface area contributed by atoms with Gasteiger partial charge in [-0.3, -0.25) is 0 Å². The highest BCUT2D eigenvalue weighted by atomic mass is 79.9. The zero-order valence-corrected chi connectivity index (χ0v) is 7.57. The Labute approximate surface area is 72.0 Å². The van der Waals surface area contributed by atoms with Crippen molar-refractivity contribution < 1.29 is 5.11 Å². The predicted molar refractivity (Wildman–Crippen MR) is 43.3 cm³/mol. The van der Waals surface area contributed by atoms with Crippen molar-refractivity contribution in [1.82, 2.24) is 4.98 Å². The average molecular weight is 222 g/mol. The lowest BCUT2D eigenvalue weighted by Crippen LogP contribution is -1.82. The van der Waals surface area contributed by atoms with E-state index in [9.17, 15) is 0 Å². The molecule has 0 aliphatic rings. The number of rotatable bonds is 0. The van der Waals surface area contributed by atoms with Gasteiger partial charge in [0.25, 0.3) is 0 Å². The van der Waals surface area contributed by atoms with Crippen LogP contribution >= 0.6 is 27.5 Å². The Morgan fingerprint density at radius 3 is 2.80 bits per heavy atom. The lowest BCUT2D eigenvalue weighted by atomic mass is 10.3. The third kappa shape index (κ3) is 1.41. The maximum absolute atomic E-state index is 9.01. The standard InChI is InChI=1S/C6H5BrClNO/c1-3-2-4(10)6(8)9-5(3)7/h2,10H,1H3. The predicted octanol–water partition coefficient (Wildman–Crippen LogP) is 2.51. The smallest absolute Gasteiger partial charge is 0.171 e. The van der Waals surface area contributed by atoms with Gasteiger partial charge in [0, 0.05) is 0 Å². The number of nitrogens with zero attached hydrogens (tertiary/aromatic N) is 1. The van der Waals surface area contributed by atoms with Gasteiger partial charge in [0.2, 0.25) is 0 Å². The third-order valence-electron chi connectivity index (χ3n) is 1.09. The van der Waals surface area contributed by atoms with E-state index in [1.54, 1.807) is 6.07 Å². The third-order valence-corrected chi connectivity index (χ3v) is 2.17. The second-order valence-corrected chi connectivity index (χ2v) is 3.02. The summed E-state index contributed by atoms with van der Waals surface area (Å²) in [6.45, 7) is 1.83. The zero-order chi connectivity index (χ0) is 7.72. The molecule has 0 fully saturated rings. The summed E-state index contributed by atoms with van der Waals surface area (Å²) in [4.78, 5) is 3.80. The second kappa shape index (κ2) is 2.76. The Morgan fingerprint density at radius 2 is 2.30 bits per heavy atom. The summed E-state index contributed by atoms with van der Waals surface area (Å²) >= 11 is 8.67. The maximum atomic E-state index is 9.01. The molecule has 1 aromatic heterocycles. The van der Waals surface area contributed by atoms with E-state index in [-0.39, 0.29) is 10.9 Å². The fourth-order valence-electron chi connectivity index (χ4n) is 0.556. The Morgan fingerprint density at radius 1 is 1.70 bits per heavy atom. The molecule has 0 saturated carbocycles. The minimum absolute atomic E-state index is 0.0161. The normalized spacial score (nSPS) is 9.90. The molecule has 1 N–H and O–H groups in total. The van der Waals surface area contributed by atoms with E-state index >= 15 is 0 Å². The molecule has 0 amide bonds. The number of aromatic nitrogens is 1. The molecule has 0 saturated heterocycles. The van der Waals surface area contributed by atoms with Crippen molar-refractivity contribution in [3.63, 3.8) is 0 Å². The first-order chi connectivity index (χ1) is 4.61. The zero-order valence-electron chi connectivity index (χ0n) is 5.23. The monoisotopic (exact) mass is 221 g/mol. The molecule has 1 aromatic rings. The molecule has 0 radical (unpaired) electrons. The number of halogens is 2. The van der Waals surface area contributed by atoms with Crippen LogP contribution in [0.3, 0.4) is 0 Å². The fourth-order valence-corrected chi connectivity index (χ4v) is 1.09. The van der Waals surface area contributed by atoms with Crippen molar-refractivity contribution in [3.8, 4) is 5.75 Å². The molecule has 1 heterocycles. The van der Waals surface area contributed by atoms with Crippen molar-refractivity contribution >= 4 is 27.5 Å². The Kier molecular flexibility index (Phi) is 2.16. The SMILES string of the molecule is Cc1cc(O)c(Cl)nc1Br. The van der Waals surface area contributed by atoms with Gasteiger partial charge in [-0.2, -0.15) is 0 Å². The van der Waals surface area contributed by atoms with E-state index in [1.165, 1.54) is 0 Å². The lowest BCUT2D eigenvalue weighted by Gasteiger charge is -1.98. The lowest BCUT2D eigenvalue weighted by molar-refractivity contribution is 0.472. The van der Waals surface area contributed by atoms with Crippen LogP contribution in [0, 0.1) is 6.92 Å². The molecule has 0 bridgehead atoms. The van der Waals surface area contributed by atoms with Crippen LogP contribution in [-0.4, -0.2) is 10.1 Å². The van der Waals surface area contributed by atoms with Crippen molar-refractivity contribution in [3.05, 3.63) is 21.4 Å². The van der Waals surface area contributed by atoms with E-state index in [2.05, 4.69) is 20.9 Å². The van der Waals surface area contributed by atoms with Gasteiger partial charge in [-0.05, 0) is 34.5 Å². The molecule has 10 heavy (non-hydrogen) atoms. The molecule has 54 valence electrons. The molecule has 0 unspecified atom stereocenters. The minimum atomic E-state index is 0.0161. The van der Waals surface area contributed by atoms with Gasteiger partial charge in [0.15, 0.2) is 10.9 Å². The molecule has 0 atom stereocenters. The van der Waals surface area contributed by atoms with Gasteiger partial charge >= 0.3 is 0 Å². The molecule has 1 rings (SSSR count). The molecular weight excluding hydrogens is 217 g/mol. The Bertz CT molecular complexity index is 214. The molecular formula is C6H5BrClNO. The summed E-state index contributed by atoms with van der Waals surface area (Å²) in [7, 11) is 0. The van der Waals surface area contributed by atoms with Crippen molar-refractivity contribution in [1.29, 1.82) is 0 Å². The number of hydrogen-bond donors (Lipinski definition) is 1. The van der Waals surface area contributed by atoms with Gasteiger partial charge in [-0.1, -0.05) is 11.6 Å². The first-order valence-corrected chi connectivity index (χ1v) is 3.80.